The van der Waals surface area contributed by atoms with Crippen molar-refractivity contribution >= 4 is 57.5 Å². The number of nitro groups is 1. The Labute approximate surface area is 179 Å². The topological polar surface area (TPSA) is 72.8 Å². The van der Waals surface area contributed by atoms with Crippen LogP contribution in [-0.4, -0.2) is 22.4 Å². The minimum absolute atomic E-state index is 0.0698. The van der Waals surface area contributed by atoms with Crippen LogP contribution in [-0.2, 0) is 0 Å². The van der Waals surface area contributed by atoms with Crippen molar-refractivity contribution in [2.24, 2.45) is 10.1 Å². The molecule has 0 unspecified atom stereocenters. The fraction of sp³-hybridized carbons (Fsp3) is 0.111. The van der Waals surface area contributed by atoms with Crippen molar-refractivity contribution in [2.45, 2.75) is 6.92 Å². The van der Waals surface area contributed by atoms with Crippen LogP contribution in [0.1, 0.15) is 12.5 Å². The van der Waals surface area contributed by atoms with E-state index >= 15 is 0 Å². The maximum absolute atomic E-state index is 11.2. The molecule has 0 radical (unpaired) electrons. The molecule has 0 aliphatic rings. The summed E-state index contributed by atoms with van der Waals surface area (Å²) in [6.45, 7) is 1.75. The van der Waals surface area contributed by atoms with Crippen LogP contribution in [0.2, 0.25) is 15.1 Å². The van der Waals surface area contributed by atoms with E-state index in [2.05, 4.69) is 10.1 Å². The molecule has 1 aromatic heterocycles. The molecule has 0 bridgehead atoms. The molecule has 10 heteroatoms. The predicted octanol–water partition coefficient (Wildman–Crippen LogP) is 5.89. The van der Waals surface area contributed by atoms with Gasteiger partial charge in [-0.05, 0) is 31.2 Å². The van der Waals surface area contributed by atoms with E-state index in [1.165, 1.54) is 23.5 Å². The van der Waals surface area contributed by atoms with Gasteiger partial charge in [-0.25, -0.2) is 4.68 Å². The first-order valence-electron chi connectivity index (χ1n) is 7.90. The van der Waals surface area contributed by atoms with Crippen LogP contribution in [0.5, 0.6) is 0 Å². The maximum atomic E-state index is 11.2. The maximum Gasteiger partial charge on any atom is 0.288 e. The number of nitrogens with zero attached hydrogens (tertiary/aromatic N) is 4. The van der Waals surface area contributed by atoms with E-state index in [0.717, 1.165) is 0 Å². The van der Waals surface area contributed by atoms with Gasteiger partial charge in [0, 0.05) is 34.6 Å². The molecule has 3 rings (SSSR count). The molecule has 28 heavy (non-hydrogen) atoms. The summed E-state index contributed by atoms with van der Waals surface area (Å²) in [6.07, 6.45) is 0. The van der Waals surface area contributed by atoms with Gasteiger partial charge in [0.15, 0.2) is 0 Å². The van der Waals surface area contributed by atoms with Gasteiger partial charge in [-0.1, -0.05) is 40.9 Å². The van der Waals surface area contributed by atoms with Crippen LogP contribution in [0.15, 0.2) is 51.9 Å². The molecular weight excluding hydrogens is 443 g/mol. The lowest BCUT2D eigenvalue weighted by Gasteiger charge is -2.08. The SMILES string of the molecule is CN=c1scc(-c2cc(Cl)ccc2Cl)n1N=C(C)c1ccc(Cl)c([N+](=O)[O-])c1. The average molecular weight is 456 g/mol. The molecule has 0 amide bonds. The number of nitro benzene ring substituents is 1. The van der Waals surface area contributed by atoms with Crippen molar-refractivity contribution in [2.75, 3.05) is 7.05 Å². The number of aromatic nitrogens is 1. The number of rotatable bonds is 4. The smallest absolute Gasteiger partial charge is 0.261 e. The molecule has 0 atom stereocenters. The summed E-state index contributed by atoms with van der Waals surface area (Å²) in [5.41, 5.74) is 2.36. The molecule has 0 fully saturated rings. The summed E-state index contributed by atoms with van der Waals surface area (Å²) in [5, 5.41) is 18.8. The Morgan fingerprint density at radius 2 is 1.86 bits per heavy atom. The zero-order chi connectivity index (χ0) is 20.4. The average Bonchev–Trinajstić information content (AvgIpc) is 3.06. The van der Waals surface area contributed by atoms with Crippen molar-refractivity contribution in [1.82, 2.24) is 4.68 Å². The van der Waals surface area contributed by atoms with E-state index in [-0.39, 0.29) is 10.7 Å². The molecule has 3 aromatic rings. The highest BCUT2D eigenvalue weighted by Crippen LogP contribution is 2.31. The van der Waals surface area contributed by atoms with Gasteiger partial charge < -0.3 is 0 Å². The van der Waals surface area contributed by atoms with Crippen LogP contribution in [0.4, 0.5) is 5.69 Å². The summed E-state index contributed by atoms with van der Waals surface area (Å²) < 4.78 is 1.64. The number of hydrogen-bond acceptors (Lipinski definition) is 5. The predicted molar refractivity (Wildman–Crippen MR) is 115 cm³/mol. The monoisotopic (exact) mass is 454 g/mol. The van der Waals surface area contributed by atoms with Gasteiger partial charge in [0.05, 0.1) is 21.4 Å². The highest BCUT2D eigenvalue weighted by atomic mass is 35.5. The zero-order valence-electron chi connectivity index (χ0n) is 14.7. The lowest BCUT2D eigenvalue weighted by atomic mass is 10.1. The van der Waals surface area contributed by atoms with Gasteiger partial charge >= 0.3 is 0 Å². The number of hydrogen-bond donors (Lipinski definition) is 0. The third kappa shape index (κ3) is 4.12. The molecule has 0 aliphatic carbocycles. The van der Waals surface area contributed by atoms with Gasteiger partial charge in [-0.3, -0.25) is 15.1 Å². The number of benzene rings is 2. The summed E-state index contributed by atoms with van der Waals surface area (Å²) in [4.78, 5) is 15.5. The zero-order valence-corrected chi connectivity index (χ0v) is 17.8. The summed E-state index contributed by atoms with van der Waals surface area (Å²) in [7, 11) is 1.66. The second-order valence-corrected chi connectivity index (χ2v) is 7.76. The standard InChI is InChI=1S/C18H13Cl3N4O2S/c1-10(11-3-5-15(21)16(7-11)25(26)27)23-24-17(9-28-18(24)22-2)13-8-12(19)4-6-14(13)20/h3-9H,1-2H3. The quantitative estimate of drug-likeness (QED) is 0.279. The van der Waals surface area contributed by atoms with Crippen LogP contribution < -0.4 is 4.80 Å². The highest BCUT2D eigenvalue weighted by molar-refractivity contribution is 7.07. The Kier molecular flexibility index (Phi) is 6.20. The van der Waals surface area contributed by atoms with E-state index in [9.17, 15) is 10.1 Å². The highest BCUT2D eigenvalue weighted by Gasteiger charge is 2.15. The van der Waals surface area contributed by atoms with Gasteiger partial charge in [-0.2, -0.15) is 5.10 Å². The summed E-state index contributed by atoms with van der Waals surface area (Å²) >= 11 is 19.8. The van der Waals surface area contributed by atoms with E-state index < -0.39 is 4.92 Å². The molecule has 0 N–H and O–H groups in total. The molecule has 0 spiro atoms. The number of thiazole rings is 1. The molecule has 0 aliphatic heterocycles. The lowest BCUT2D eigenvalue weighted by Crippen LogP contribution is -2.14. The molecule has 1 heterocycles. The Morgan fingerprint density at radius 3 is 2.54 bits per heavy atom. The number of halogens is 3. The second kappa shape index (κ2) is 8.45. The molecular formula is C18H13Cl3N4O2S. The largest absolute Gasteiger partial charge is 0.288 e. The van der Waals surface area contributed by atoms with E-state index in [0.29, 0.717) is 37.4 Å². The van der Waals surface area contributed by atoms with Crippen molar-refractivity contribution in [3.8, 4) is 11.3 Å². The van der Waals surface area contributed by atoms with Gasteiger partial charge in [-0.15, -0.1) is 11.3 Å². The normalized spacial score (nSPS) is 12.5. The molecule has 2 aromatic carbocycles. The molecule has 6 nitrogen and oxygen atoms in total. The Morgan fingerprint density at radius 1 is 1.14 bits per heavy atom. The third-order valence-corrected chi connectivity index (χ3v) is 5.68. The van der Waals surface area contributed by atoms with Crippen molar-refractivity contribution in [3.63, 3.8) is 0 Å². The third-order valence-electron chi connectivity index (χ3n) is 3.89. The fourth-order valence-electron chi connectivity index (χ4n) is 2.51. The van der Waals surface area contributed by atoms with E-state index in [1.807, 2.05) is 5.38 Å². The van der Waals surface area contributed by atoms with Gasteiger partial charge in [0.1, 0.15) is 5.02 Å². The van der Waals surface area contributed by atoms with Crippen LogP contribution in [0.25, 0.3) is 11.3 Å². The summed E-state index contributed by atoms with van der Waals surface area (Å²) in [6, 6.07) is 9.71. The van der Waals surface area contributed by atoms with Crippen LogP contribution in [0, 0.1) is 10.1 Å². The molecule has 144 valence electrons. The van der Waals surface area contributed by atoms with Crippen LogP contribution >= 0.6 is 46.1 Å². The Bertz CT molecular complexity index is 1170. The van der Waals surface area contributed by atoms with Gasteiger partial charge in [0.25, 0.3) is 5.69 Å². The molecule has 0 saturated carbocycles. The minimum atomic E-state index is -0.527. The Balaban J connectivity index is 2.17. The first kappa shape index (κ1) is 20.5. The first-order chi connectivity index (χ1) is 13.3. The van der Waals surface area contributed by atoms with Crippen molar-refractivity contribution < 1.29 is 4.92 Å². The second-order valence-electron chi connectivity index (χ2n) is 5.67. The van der Waals surface area contributed by atoms with Crippen molar-refractivity contribution in [1.29, 1.82) is 0 Å². The van der Waals surface area contributed by atoms with E-state index in [1.54, 1.807) is 42.9 Å². The van der Waals surface area contributed by atoms with Gasteiger partial charge in [0.2, 0.25) is 4.80 Å². The van der Waals surface area contributed by atoms with E-state index in [4.69, 9.17) is 34.8 Å². The van der Waals surface area contributed by atoms with Crippen molar-refractivity contribution in [3.05, 3.63) is 77.3 Å². The summed E-state index contributed by atoms with van der Waals surface area (Å²) in [5.74, 6) is 0. The minimum Gasteiger partial charge on any atom is -0.261 e. The molecule has 0 saturated heterocycles. The first-order valence-corrected chi connectivity index (χ1v) is 9.92. The van der Waals surface area contributed by atoms with Crippen LogP contribution in [0.3, 0.4) is 0 Å². The fourth-order valence-corrected chi connectivity index (χ4v) is 3.87. The Hall–Kier alpha value is -2.19. The lowest BCUT2D eigenvalue weighted by molar-refractivity contribution is -0.384.